The Balaban J connectivity index is 2.16. The zero-order valence-electron chi connectivity index (χ0n) is 11.7. The number of carboxylic acids is 2. The van der Waals surface area contributed by atoms with Crippen molar-refractivity contribution in [2.24, 2.45) is 0 Å². The van der Waals surface area contributed by atoms with Gasteiger partial charge in [0.25, 0.3) is 0 Å². The van der Waals surface area contributed by atoms with Gasteiger partial charge < -0.3 is 10.2 Å². The van der Waals surface area contributed by atoms with Gasteiger partial charge in [0.15, 0.2) is 5.78 Å². The SMILES string of the molecule is O=C(O)CN(CC(=O)O)CC(=O)c1ccc2ccccc2c1. The van der Waals surface area contributed by atoms with Crippen molar-refractivity contribution in [2.45, 2.75) is 0 Å². The van der Waals surface area contributed by atoms with Crippen LogP contribution < -0.4 is 0 Å². The molecule has 0 heterocycles. The minimum atomic E-state index is -1.17. The molecule has 0 atom stereocenters. The van der Waals surface area contributed by atoms with Gasteiger partial charge in [0.2, 0.25) is 0 Å². The van der Waals surface area contributed by atoms with Crippen molar-refractivity contribution in [2.75, 3.05) is 19.6 Å². The van der Waals surface area contributed by atoms with Crippen molar-refractivity contribution >= 4 is 28.5 Å². The summed E-state index contributed by atoms with van der Waals surface area (Å²) in [5.74, 6) is -2.66. The summed E-state index contributed by atoms with van der Waals surface area (Å²) in [4.78, 5) is 34.8. The average molecular weight is 301 g/mol. The van der Waals surface area contributed by atoms with E-state index < -0.39 is 25.0 Å². The molecule has 0 bridgehead atoms. The number of nitrogens with zero attached hydrogens (tertiary/aromatic N) is 1. The normalized spacial score (nSPS) is 10.8. The minimum Gasteiger partial charge on any atom is -0.480 e. The second kappa shape index (κ2) is 6.82. The Morgan fingerprint density at radius 3 is 2.00 bits per heavy atom. The first kappa shape index (κ1) is 15.7. The fourth-order valence-corrected chi connectivity index (χ4v) is 2.21. The fraction of sp³-hybridized carbons (Fsp3) is 0.188. The highest BCUT2D eigenvalue weighted by molar-refractivity contribution is 6.01. The van der Waals surface area contributed by atoms with Crippen LogP contribution in [0.1, 0.15) is 10.4 Å². The van der Waals surface area contributed by atoms with Crippen molar-refractivity contribution in [1.82, 2.24) is 4.90 Å². The second-order valence-electron chi connectivity index (χ2n) is 4.92. The second-order valence-corrected chi connectivity index (χ2v) is 4.92. The van der Waals surface area contributed by atoms with Gasteiger partial charge in [0.05, 0.1) is 19.6 Å². The first-order valence-electron chi connectivity index (χ1n) is 6.63. The molecule has 0 amide bonds. The van der Waals surface area contributed by atoms with E-state index in [0.29, 0.717) is 5.56 Å². The molecule has 0 fully saturated rings. The number of carbonyl (C=O) groups excluding carboxylic acids is 1. The molecular weight excluding hydrogens is 286 g/mol. The Kier molecular flexibility index (Phi) is 4.85. The van der Waals surface area contributed by atoms with Gasteiger partial charge in [-0.15, -0.1) is 0 Å². The van der Waals surface area contributed by atoms with Crippen LogP contribution in [-0.4, -0.2) is 52.5 Å². The van der Waals surface area contributed by atoms with Crippen LogP contribution in [0.5, 0.6) is 0 Å². The van der Waals surface area contributed by atoms with Gasteiger partial charge in [-0.05, 0) is 16.8 Å². The summed E-state index contributed by atoms with van der Waals surface area (Å²) in [5, 5.41) is 19.4. The van der Waals surface area contributed by atoms with Crippen molar-refractivity contribution in [1.29, 1.82) is 0 Å². The average Bonchev–Trinajstić information content (AvgIpc) is 2.45. The lowest BCUT2D eigenvalue weighted by Crippen LogP contribution is -2.38. The highest BCUT2D eigenvalue weighted by Gasteiger charge is 2.18. The topological polar surface area (TPSA) is 94.9 Å². The Bertz CT molecular complexity index is 709. The number of ketones is 1. The van der Waals surface area contributed by atoms with E-state index in [4.69, 9.17) is 10.2 Å². The van der Waals surface area contributed by atoms with Gasteiger partial charge in [-0.2, -0.15) is 0 Å². The highest BCUT2D eigenvalue weighted by atomic mass is 16.4. The largest absolute Gasteiger partial charge is 0.480 e. The molecule has 0 unspecified atom stereocenters. The van der Waals surface area contributed by atoms with E-state index in [1.54, 1.807) is 18.2 Å². The number of hydrogen-bond donors (Lipinski definition) is 2. The van der Waals surface area contributed by atoms with E-state index >= 15 is 0 Å². The molecule has 0 aromatic heterocycles. The molecule has 22 heavy (non-hydrogen) atoms. The van der Waals surface area contributed by atoms with Gasteiger partial charge in [0.1, 0.15) is 0 Å². The van der Waals surface area contributed by atoms with E-state index in [1.807, 2.05) is 24.3 Å². The molecule has 0 aliphatic carbocycles. The van der Waals surface area contributed by atoms with Gasteiger partial charge in [-0.25, -0.2) is 0 Å². The summed E-state index contributed by atoms with van der Waals surface area (Å²) in [7, 11) is 0. The molecule has 2 aromatic rings. The zero-order chi connectivity index (χ0) is 16.1. The Morgan fingerprint density at radius 1 is 0.818 bits per heavy atom. The maximum atomic E-state index is 12.2. The monoisotopic (exact) mass is 301 g/mol. The van der Waals surface area contributed by atoms with Gasteiger partial charge >= 0.3 is 11.9 Å². The predicted molar refractivity (Wildman–Crippen MR) is 80.0 cm³/mol. The Morgan fingerprint density at radius 2 is 1.41 bits per heavy atom. The summed E-state index contributed by atoms with van der Waals surface area (Å²) in [6.07, 6.45) is 0. The standard InChI is InChI=1S/C16H15NO5/c18-14(8-17(9-15(19)20)10-16(21)22)13-6-5-11-3-1-2-4-12(11)7-13/h1-7H,8-10H2,(H,19,20)(H,21,22). The van der Waals surface area contributed by atoms with E-state index in [1.165, 1.54) is 0 Å². The molecule has 0 radical (unpaired) electrons. The first-order chi connectivity index (χ1) is 10.5. The molecule has 2 N–H and O–H groups in total. The van der Waals surface area contributed by atoms with Crippen LogP contribution in [0.15, 0.2) is 42.5 Å². The maximum Gasteiger partial charge on any atom is 0.317 e. The molecule has 6 nitrogen and oxygen atoms in total. The van der Waals surface area contributed by atoms with Crippen LogP contribution in [0, 0.1) is 0 Å². The van der Waals surface area contributed by atoms with Crippen LogP contribution in [0.4, 0.5) is 0 Å². The summed E-state index contributed by atoms with van der Waals surface area (Å²) < 4.78 is 0. The number of rotatable bonds is 7. The van der Waals surface area contributed by atoms with Crippen molar-refractivity contribution in [3.63, 3.8) is 0 Å². The van der Waals surface area contributed by atoms with E-state index in [2.05, 4.69) is 0 Å². The lowest BCUT2D eigenvalue weighted by atomic mass is 10.0. The number of Topliss-reactive ketones (excluding diaryl/α,β-unsaturated/α-hetero) is 1. The fourth-order valence-electron chi connectivity index (χ4n) is 2.21. The van der Waals surface area contributed by atoms with Crippen molar-refractivity contribution < 1.29 is 24.6 Å². The van der Waals surface area contributed by atoms with Crippen LogP contribution in [0.3, 0.4) is 0 Å². The van der Waals surface area contributed by atoms with Gasteiger partial charge in [0, 0.05) is 5.56 Å². The quantitative estimate of drug-likeness (QED) is 0.752. The number of carboxylic acid groups (broad SMARTS) is 2. The van der Waals surface area contributed by atoms with Gasteiger partial charge in [-0.1, -0.05) is 36.4 Å². The Hall–Kier alpha value is -2.73. The Labute approximate surface area is 126 Å². The van der Waals surface area contributed by atoms with Crippen LogP contribution in [0.2, 0.25) is 0 Å². The third-order valence-corrected chi connectivity index (χ3v) is 3.16. The number of carbonyl (C=O) groups is 3. The zero-order valence-corrected chi connectivity index (χ0v) is 11.7. The van der Waals surface area contributed by atoms with Crippen molar-refractivity contribution in [3.05, 3.63) is 48.0 Å². The van der Waals surface area contributed by atoms with E-state index in [0.717, 1.165) is 15.7 Å². The third kappa shape index (κ3) is 4.13. The molecule has 2 rings (SSSR count). The molecule has 0 saturated heterocycles. The first-order valence-corrected chi connectivity index (χ1v) is 6.63. The smallest absolute Gasteiger partial charge is 0.317 e. The summed E-state index contributed by atoms with van der Waals surface area (Å²) in [6, 6.07) is 12.7. The molecule has 6 heteroatoms. The predicted octanol–water partition coefficient (Wildman–Crippen LogP) is 1.49. The van der Waals surface area contributed by atoms with E-state index in [9.17, 15) is 14.4 Å². The molecule has 2 aromatic carbocycles. The van der Waals surface area contributed by atoms with E-state index in [-0.39, 0.29) is 12.3 Å². The van der Waals surface area contributed by atoms with Gasteiger partial charge in [-0.3, -0.25) is 19.3 Å². The minimum absolute atomic E-state index is 0.253. The molecule has 0 aliphatic rings. The molecule has 0 saturated carbocycles. The highest BCUT2D eigenvalue weighted by Crippen LogP contribution is 2.16. The van der Waals surface area contributed by atoms with Crippen LogP contribution in [0.25, 0.3) is 10.8 Å². The lowest BCUT2D eigenvalue weighted by Gasteiger charge is -2.17. The van der Waals surface area contributed by atoms with Crippen molar-refractivity contribution in [3.8, 4) is 0 Å². The maximum absolute atomic E-state index is 12.2. The third-order valence-electron chi connectivity index (χ3n) is 3.16. The van der Waals surface area contributed by atoms with Crippen LogP contribution in [-0.2, 0) is 9.59 Å². The number of hydrogen-bond acceptors (Lipinski definition) is 4. The summed E-state index contributed by atoms with van der Waals surface area (Å²) in [5.41, 5.74) is 0.430. The summed E-state index contributed by atoms with van der Waals surface area (Å²) in [6.45, 7) is -1.24. The lowest BCUT2D eigenvalue weighted by molar-refractivity contribution is -0.141. The molecule has 114 valence electrons. The summed E-state index contributed by atoms with van der Waals surface area (Å²) >= 11 is 0. The molecular formula is C16H15NO5. The number of benzene rings is 2. The molecule has 0 spiro atoms. The van der Waals surface area contributed by atoms with Crippen LogP contribution >= 0.6 is 0 Å². The number of fused-ring (bicyclic) bond motifs is 1. The molecule has 0 aliphatic heterocycles. The number of aliphatic carboxylic acids is 2.